The van der Waals surface area contributed by atoms with E-state index in [0.717, 1.165) is 16.2 Å². The van der Waals surface area contributed by atoms with Gasteiger partial charge in [0.25, 0.3) is 5.91 Å². The topological polar surface area (TPSA) is 80.5 Å². The number of rotatable bonds is 4. The molecule has 2 N–H and O–H groups in total. The molecule has 2 rings (SSSR count). The van der Waals surface area contributed by atoms with Gasteiger partial charge in [0.15, 0.2) is 0 Å². The number of thiophene rings is 1. The van der Waals surface area contributed by atoms with E-state index < -0.39 is 9.84 Å². The number of hydrogen-bond donors (Lipinski definition) is 1. The van der Waals surface area contributed by atoms with Gasteiger partial charge >= 0.3 is 0 Å². The molecule has 7 heteroatoms. The summed E-state index contributed by atoms with van der Waals surface area (Å²) in [7, 11) is -0.375. The number of nitrogens with two attached hydrogens (primary N) is 1. The van der Waals surface area contributed by atoms with Crippen LogP contribution in [0.2, 0.25) is 0 Å². The lowest BCUT2D eigenvalue weighted by Crippen LogP contribution is -2.21. The first kappa shape index (κ1) is 15.7. The van der Waals surface area contributed by atoms with Crippen LogP contribution >= 0.6 is 11.3 Å². The highest BCUT2D eigenvalue weighted by atomic mass is 32.2. The number of carbonyl (C=O) groups is 1. The van der Waals surface area contributed by atoms with Crippen molar-refractivity contribution in [3.63, 3.8) is 0 Å². The number of nitrogens with zero attached hydrogens (tertiary/aromatic N) is 1. The van der Waals surface area contributed by atoms with E-state index in [9.17, 15) is 13.2 Å². The van der Waals surface area contributed by atoms with Gasteiger partial charge in [0.1, 0.15) is 4.21 Å². The largest absolute Gasteiger partial charge is 0.345 e. The van der Waals surface area contributed by atoms with E-state index in [-0.39, 0.29) is 15.0 Å². The molecule has 112 valence electrons. The van der Waals surface area contributed by atoms with Crippen molar-refractivity contribution in [2.75, 3.05) is 14.1 Å². The van der Waals surface area contributed by atoms with Crippen molar-refractivity contribution in [1.29, 1.82) is 0 Å². The fourth-order valence-corrected chi connectivity index (χ4v) is 4.46. The van der Waals surface area contributed by atoms with E-state index in [1.165, 1.54) is 17.0 Å². The number of carbonyl (C=O) groups excluding carboxylic acids is 1. The van der Waals surface area contributed by atoms with Gasteiger partial charge in [-0.1, -0.05) is 6.07 Å². The Bertz CT molecular complexity index is 764. The lowest BCUT2D eigenvalue weighted by Gasteiger charge is -2.11. The van der Waals surface area contributed by atoms with Crippen LogP contribution in [0.5, 0.6) is 0 Å². The quantitative estimate of drug-likeness (QED) is 0.929. The zero-order chi connectivity index (χ0) is 15.6. The molecular formula is C14H16N2O3S2. The molecule has 0 radical (unpaired) electrons. The molecule has 2 aromatic rings. The van der Waals surface area contributed by atoms with Gasteiger partial charge in [-0.3, -0.25) is 4.79 Å². The van der Waals surface area contributed by atoms with E-state index in [2.05, 4.69) is 0 Å². The monoisotopic (exact) mass is 324 g/mol. The first-order valence-electron chi connectivity index (χ1n) is 6.22. The number of benzene rings is 1. The first-order chi connectivity index (χ1) is 9.86. The molecule has 21 heavy (non-hydrogen) atoms. The lowest BCUT2D eigenvalue weighted by molar-refractivity contribution is 0.0827. The van der Waals surface area contributed by atoms with E-state index >= 15 is 0 Å². The molecular weight excluding hydrogens is 308 g/mol. The SMILES string of the molecule is CN(C)C(=O)c1cccc(S(=O)(=O)c2ccc(CN)s2)c1. The van der Waals surface area contributed by atoms with E-state index in [4.69, 9.17) is 5.73 Å². The molecule has 0 bridgehead atoms. The van der Waals surface area contributed by atoms with Crippen LogP contribution in [0.3, 0.4) is 0 Å². The van der Waals surface area contributed by atoms with Crippen LogP contribution in [0.25, 0.3) is 0 Å². The predicted octanol–water partition coefficient (Wildman–Crippen LogP) is 1.74. The molecule has 1 amide bonds. The Labute approximate surface area is 127 Å². The van der Waals surface area contributed by atoms with Crippen LogP contribution in [0.4, 0.5) is 0 Å². The third-order valence-electron chi connectivity index (χ3n) is 2.90. The van der Waals surface area contributed by atoms with Crippen LogP contribution in [0.15, 0.2) is 45.5 Å². The summed E-state index contributed by atoms with van der Waals surface area (Å²) in [6.45, 7) is 0.305. The van der Waals surface area contributed by atoms with Crippen LogP contribution < -0.4 is 5.73 Å². The second-order valence-electron chi connectivity index (χ2n) is 4.66. The van der Waals surface area contributed by atoms with Gasteiger partial charge in [-0.2, -0.15) is 0 Å². The summed E-state index contributed by atoms with van der Waals surface area (Å²) in [5.74, 6) is -0.235. The predicted molar refractivity (Wildman–Crippen MR) is 82.1 cm³/mol. The Kier molecular flexibility index (Phi) is 4.46. The molecule has 5 nitrogen and oxygen atoms in total. The molecule has 0 aliphatic carbocycles. The summed E-state index contributed by atoms with van der Waals surface area (Å²) in [6, 6.07) is 9.31. The molecule has 1 aromatic carbocycles. The van der Waals surface area contributed by atoms with Crippen molar-refractivity contribution >= 4 is 27.1 Å². The minimum absolute atomic E-state index is 0.112. The molecule has 0 aliphatic rings. The van der Waals surface area contributed by atoms with E-state index in [1.807, 2.05) is 0 Å². The fraction of sp³-hybridized carbons (Fsp3) is 0.214. The first-order valence-corrected chi connectivity index (χ1v) is 8.52. The van der Waals surface area contributed by atoms with Gasteiger partial charge in [0.2, 0.25) is 9.84 Å². The summed E-state index contributed by atoms with van der Waals surface area (Å²) in [6.07, 6.45) is 0. The highest BCUT2D eigenvalue weighted by molar-refractivity contribution is 7.93. The smallest absolute Gasteiger partial charge is 0.253 e. The van der Waals surface area contributed by atoms with Crippen LogP contribution in [0.1, 0.15) is 15.2 Å². The summed E-state index contributed by atoms with van der Waals surface area (Å²) in [4.78, 5) is 14.2. The number of amides is 1. The number of sulfone groups is 1. The minimum atomic E-state index is -3.62. The van der Waals surface area contributed by atoms with Crippen LogP contribution in [0, 0.1) is 0 Å². The highest BCUT2D eigenvalue weighted by Gasteiger charge is 2.21. The second kappa shape index (κ2) is 5.97. The highest BCUT2D eigenvalue weighted by Crippen LogP contribution is 2.28. The third kappa shape index (κ3) is 3.15. The Morgan fingerprint density at radius 1 is 1.24 bits per heavy atom. The Morgan fingerprint density at radius 3 is 2.52 bits per heavy atom. The molecule has 0 unspecified atom stereocenters. The zero-order valence-electron chi connectivity index (χ0n) is 11.7. The van der Waals surface area contributed by atoms with Crippen molar-refractivity contribution < 1.29 is 13.2 Å². The Balaban J connectivity index is 2.45. The van der Waals surface area contributed by atoms with E-state index in [1.54, 1.807) is 38.4 Å². The maximum absolute atomic E-state index is 12.6. The van der Waals surface area contributed by atoms with Gasteiger partial charge < -0.3 is 10.6 Å². The zero-order valence-corrected chi connectivity index (χ0v) is 13.4. The third-order valence-corrected chi connectivity index (χ3v) is 6.25. The average Bonchev–Trinajstić information content (AvgIpc) is 2.96. The van der Waals surface area contributed by atoms with Gasteiger partial charge in [-0.05, 0) is 30.3 Å². The van der Waals surface area contributed by atoms with Crippen molar-refractivity contribution in [3.05, 3.63) is 46.8 Å². The van der Waals surface area contributed by atoms with Crippen molar-refractivity contribution in [1.82, 2.24) is 4.90 Å². The molecule has 1 heterocycles. The number of hydrogen-bond acceptors (Lipinski definition) is 5. The van der Waals surface area contributed by atoms with Gasteiger partial charge in [-0.15, -0.1) is 11.3 Å². The summed E-state index contributed by atoms with van der Waals surface area (Å²) in [5, 5.41) is 0. The molecule has 0 fully saturated rings. The normalized spacial score (nSPS) is 11.4. The molecule has 0 saturated heterocycles. The lowest BCUT2D eigenvalue weighted by atomic mass is 10.2. The van der Waals surface area contributed by atoms with Gasteiger partial charge in [0, 0.05) is 31.1 Å². The van der Waals surface area contributed by atoms with Crippen molar-refractivity contribution in [2.45, 2.75) is 15.6 Å². The summed E-state index contributed by atoms with van der Waals surface area (Å²) >= 11 is 1.15. The van der Waals surface area contributed by atoms with Crippen LogP contribution in [-0.4, -0.2) is 33.3 Å². The van der Waals surface area contributed by atoms with Crippen LogP contribution in [-0.2, 0) is 16.4 Å². The molecule has 0 atom stereocenters. The molecule has 0 spiro atoms. The van der Waals surface area contributed by atoms with Gasteiger partial charge in [0.05, 0.1) is 4.90 Å². The molecule has 1 aromatic heterocycles. The summed E-state index contributed by atoms with van der Waals surface area (Å²) in [5.41, 5.74) is 5.85. The fourth-order valence-electron chi connectivity index (χ4n) is 1.78. The van der Waals surface area contributed by atoms with Gasteiger partial charge in [-0.25, -0.2) is 8.42 Å². The van der Waals surface area contributed by atoms with E-state index in [0.29, 0.717) is 12.1 Å². The molecule has 0 saturated carbocycles. The molecule has 0 aliphatic heterocycles. The maximum Gasteiger partial charge on any atom is 0.253 e. The minimum Gasteiger partial charge on any atom is -0.345 e. The average molecular weight is 324 g/mol. The standard InChI is InChI=1S/C14H16N2O3S2/c1-16(2)14(17)10-4-3-5-12(8-10)21(18,19)13-7-6-11(9-15)20-13/h3-8H,9,15H2,1-2H3. The van der Waals surface area contributed by atoms with Crippen molar-refractivity contribution in [3.8, 4) is 0 Å². The Hall–Kier alpha value is -1.70. The second-order valence-corrected chi connectivity index (χ2v) is 8.00. The van der Waals surface area contributed by atoms with Crippen molar-refractivity contribution in [2.24, 2.45) is 5.73 Å². The summed E-state index contributed by atoms with van der Waals surface area (Å²) < 4.78 is 25.3. The maximum atomic E-state index is 12.6. The Morgan fingerprint density at radius 2 is 1.95 bits per heavy atom.